The van der Waals surface area contributed by atoms with Gasteiger partial charge in [-0.05, 0) is 37.2 Å². The van der Waals surface area contributed by atoms with E-state index in [2.05, 4.69) is 15.5 Å². The standard InChI is InChI=1S/C14H22N4O2/c1-3-9-10(4-2)17-18-14(20)12(9)13(19)16-11(7-15)8-5-6-8/h8,11H,3-7,15H2,1-2H3,(H,16,19)(H,18,20). The van der Waals surface area contributed by atoms with Crippen molar-refractivity contribution in [3.05, 3.63) is 27.2 Å². The SMILES string of the molecule is CCc1n[nH]c(=O)c(C(=O)NC(CN)C2CC2)c1CC. The van der Waals surface area contributed by atoms with Gasteiger partial charge in [0.15, 0.2) is 0 Å². The largest absolute Gasteiger partial charge is 0.348 e. The Balaban J connectivity index is 2.30. The maximum Gasteiger partial charge on any atom is 0.277 e. The highest BCUT2D eigenvalue weighted by molar-refractivity contribution is 5.95. The third kappa shape index (κ3) is 2.90. The van der Waals surface area contributed by atoms with Gasteiger partial charge in [0.25, 0.3) is 11.5 Å². The molecule has 6 heteroatoms. The number of amides is 1. The van der Waals surface area contributed by atoms with Gasteiger partial charge >= 0.3 is 0 Å². The molecule has 0 bridgehead atoms. The molecule has 1 heterocycles. The van der Waals surface area contributed by atoms with E-state index in [1.165, 1.54) is 0 Å². The Kier molecular flexibility index (Phi) is 4.54. The van der Waals surface area contributed by atoms with Gasteiger partial charge in [-0.2, -0.15) is 5.10 Å². The predicted molar refractivity (Wildman–Crippen MR) is 76.6 cm³/mol. The summed E-state index contributed by atoms with van der Waals surface area (Å²) in [5.74, 6) is 0.128. The molecule has 4 N–H and O–H groups in total. The summed E-state index contributed by atoms with van der Waals surface area (Å²) in [4.78, 5) is 24.4. The van der Waals surface area contributed by atoms with Crippen molar-refractivity contribution < 1.29 is 4.79 Å². The van der Waals surface area contributed by atoms with Crippen molar-refractivity contribution >= 4 is 5.91 Å². The number of rotatable bonds is 6. The minimum absolute atomic E-state index is 0.0372. The van der Waals surface area contributed by atoms with Gasteiger partial charge in [0.1, 0.15) is 5.56 Å². The molecule has 1 fully saturated rings. The van der Waals surface area contributed by atoms with Crippen LogP contribution in [0.25, 0.3) is 0 Å². The second kappa shape index (κ2) is 6.17. The molecule has 2 rings (SSSR count). The maximum absolute atomic E-state index is 12.4. The predicted octanol–water partition coefficient (Wildman–Crippen LogP) is 0.362. The number of hydrogen-bond acceptors (Lipinski definition) is 4. The molecule has 6 nitrogen and oxygen atoms in total. The molecule has 20 heavy (non-hydrogen) atoms. The lowest BCUT2D eigenvalue weighted by Crippen LogP contribution is -2.44. The number of nitrogens with two attached hydrogens (primary N) is 1. The van der Waals surface area contributed by atoms with Crippen LogP contribution in [0.1, 0.15) is 48.3 Å². The van der Waals surface area contributed by atoms with Crippen molar-refractivity contribution in [1.82, 2.24) is 15.5 Å². The van der Waals surface area contributed by atoms with Gasteiger partial charge in [0.05, 0.1) is 5.69 Å². The fraction of sp³-hybridized carbons (Fsp3) is 0.643. The molecule has 1 saturated carbocycles. The quantitative estimate of drug-likeness (QED) is 0.699. The van der Waals surface area contributed by atoms with E-state index >= 15 is 0 Å². The third-order valence-corrected chi connectivity index (χ3v) is 3.85. The molecule has 0 saturated heterocycles. The summed E-state index contributed by atoms with van der Waals surface area (Å²) >= 11 is 0. The Hall–Kier alpha value is -1.69. The van der Waals surface area contributed by atoms with E-state index in [1.807, 2.05) is 13.8 Å². The van der Waals surface area contributed by atoms with Crippen molar-refractivity contribution in [2.75, 3.05) is 6.54 Å². The highest BCUT2D eigenvalue weighted by atomic mass is 16.2. The first kappa shape index (κ1) is 14.7. The zero-order chi connectivity index (χ0) is 14.7. The van der Waals surface area contributed by atoms with Crippen LogP contribution >= 0.6 is 0 Å². The molecular formula is C14H22N4O2. The number of carbonyl (C=O) groups is 1. The van der Waals surface area contributed by atoms with E-state index in [0.717, 1.165) is 24.1 Å². The summed E-state index contributed by atoms with van der Waals surface area (Å²) in [6.07, 6.45) is 3.48. The molecule has 0 spiro atoms. The summed E-state index contributed by atoms with van der Waals surface area (Å²) in [5.41, 5.74) is 6.96. The summed E-state index contributed by atoms with van der Waals surface area (Å²) in [6.45, 7) is 4.28. The monoisotopic (exact) mass is 278 g/mol. The lowest BCUT2D eigenvalue weighted by Gasteiger charge is -2.17. The fourth-order valence-electron chi connectivity index (χ4n) is 2.54. The highest BCUT2D eigenvalue weighted by Gasteiger charge is 2.32. The molecule has 1 aliphatic carbocycles. The van der Waals surface area contributed by atoms with Crippen LogP contribution in [0.15, 0.2) is 4.79 Å². The van der Waals surface area contributed by atoms with Gasteiger partial charge in [-0.25, -0.2) is 5.10 Å². The first-order valence-corrected chi connectivity index (χ1v) is 7.23. The summed E-state index contributed by atoms with van der Waals surface area (Å²) < 4.78 is 0. The number of nitrogens with zero attached hydrogens (tertiary/aromatic N) is 1. The topological polar surface area (TPSA) is 101 Å². The summed E-state index contributed by atoms with van der Waals surface area (Å²) in [7, 11) is 0. The van der Waals surface area contributed by atoms with Crippen molar-refractivity contribution in [3.8, 4) is 0 Å². The maximum atomic E-state index is 12.4. The number of aromatic amines is 1. The lowest BCUT2D eigenvalue weighted by atomic mass is 10.0. The second-order valence-corrected chi connectivity index (χ2v) is 5.21. The Morgan fingerprint density at radius 2 is 2.15 bits per heavy atom. The first-order chi connectivity index (χ1) is 9.62. The van der Waals surface area contributed by atoms with Crippen molar-refractivity contribution in [3.63, 3.8) is 0 Å². The number of nitrogens with one attached hydrogen (secondary N) is 2. The molecule has 110 valence electrons. The minimum Gasteiger partial charge on any atom is -0.348 e. The molecule has 1 aromatic heterocycles. The summed E-state index contributed by atoms with van der Waals surface area (Å²) in [6, 6.07) is -0.0372. The van der Waals surface area contributed by atoms with Crippen LogP contribution in [-0.4, -0.2) is 28.7 Å². The van der Waals surface area contributed by atoms with Crippen LogP contribution in [-0.2, 0) is 12.8 Å². The number of H-pyrrole nitrogens is 1. The third-order valence-electron chi connectivity index (χ3n) is 3.85. The zero-order valence-corrected chi connectivity index (χ0v) is 12.0. The Morgan fingerprint density at radius 3 is 2.65 bits per heavy atom. The van der Waals surface area contributed by atoms with Crippen molar-refractivity contribution in [2.45, 2.75) is 45.6 Å². The van der Waals surface area contributed by atoms with Crippen LogP contribution in [0.2, 0.25) is 0 Å². The average molecular weight is 278 g/mol. The van der Waals surface area contributed by atoms with E-state index in [0.29, 0.717) is 25.3 Å². The zero-order valence-electron chi connectivity index (χ0n) is 12.0. The van der Waals surface area contributed by atoms with E-state index in [-0.39, 0.29) is 17.5 Å². The van der Waals surface area contributed by atoms with E-state index < -0.39 is 5.56 Å². The molecule has 0 radical (unpaired) electrons. The van der Waals surface area contributed by atoms with Gasteiger partial charge in [-0.15, -0.1) is 0 Å². The Labute approximate surface area is 118 Å². The fourth-order valence-corrected chi connectivity index (χ4v) is 2.54. The molecule has 1 unspecified atom stereocenters. The van der Waals surface area contributed by atoms with Gasteiger partial charge in [0.2, 0.25) is 0 Å². The van der Waals surface area contributed by atoms with Gasteiger partial charge < -0.3 is 11.1 Å². The molecule has 0 aromatic carbocycles. The van der Waals surface area contributed by atoms with Crippen molar-refractivity contribution in [2.24, 2.45) is 11.7 Å². The molecule has 0 aliphatic heterocycles. The Bertz CT molecular complexity index is 549. The number of hydrogen-bond donors (Lipinski definition) is 3. The highest BCUT2D eigenvalue weighted by Crippen LogP contribution is 2.32. The van der Waals surface area contributed by atoms with E-state index in [9.17, 15) is 9.59 Å². The Morgan fingerprint density at radius 1 is 1.45 bits per heavy atom. The molecule has 1 aliphatic rings. The molecule has 1 aromatic rings. The second-order valence-electron chi connectivity index (χ2n) is 5.21. The van der Waals surface area contributed by atoms with Crippen LogP contribution in [0, 0.1) is 5.92 Å². The smallest absolute Gasteiger partial charge is 0.277 e. The molecule has 1 atom stereocenters. The van der Waals surface area contributed by atoms with Crippen LogP contribution in [0.3, 0.4) is 0 Å². The summed E-state index contributed by atoms with van der Waals surface area (Å²) in [5, 5.41) is 9.33. The van der Waals surface area contributed by atoms with Crippen molar-refractivity contribution in [1.29, 1.82) is 0 Å². The van der Waals surface area contributed by atoms with Gasteiger partial charge in [-0.1, -0.05) is 13.8 Å². The number of aryl methyl sites for hydroxylation is 1. The molecule has 1 amide bonds. The lowest BCUT2D eigenvalue weighted by molar-refractivity contribution is 0.0930. The van der Waals surface area contributed by atoms with Crippen LogP contribution in [0.5, 0.6) is 0 Å². The number of aromatic nitrogens is 2. The average Bonchev–Trinajstić information content (AvgIpc) is 3.28. The normalized spacial score (nSPS) is 15.9. The van der Waals surface area contributed by atoms with Gasteiger partial charge in [-0.3, -0.25) is 9.59 Å². The van der Waals surface area contributed by atoms with E-state index in [1.54, 1.807) is 0 Å². The van der Waals surface area contributed by atoms with Gasteiger partial charge in [0, 0.05) is 12.6 Å². The van der Waals surface area contributed by atoms with Crippen LogP contribution in [0.4, 0.5) is 0 Å². The van der Waals surface area contributed by atoms with E-state index in [4.69, 9.17) is 5.73 Å². The molecular weight excluding hydrogens is 256 g/mol. The number of carbonyl (C=O) groups excluding carboxylic acids is 1. The first-order valence-electron chi connectivity index (χ1n) is 7.23. The van der Waals surface area contributed by atoms with Crippen LogP contribution < -0.4 is 16.6 Å². The minimum atomic E-state index is -0.428.